The number of alkyl halides is 1. The van der Waals surface area contributed by atoms with Crippen LogP contribution in [-0.2, 0) is 6.54 Å². The Balaban J connectivity index is 1.90. The molecule has 0 atom stereocenters. The largest absolute Gasteiger partial charge is 0.298 e. The van der Waals surface area contributed by atoms with Gasteiger partial charge in [-0.25, -0.2) is 0 Å². The lowest BCUT2D eigenvalue weighted by Gasteiger charge is -2.38. The summed E-state index contributed by atoms with van der Waals surface area (Å²) >= 11 is 3.53. The molecule has 1 aromatic rings. The number of hydrogen-bond acceptors (Lipinski definition) is 1. The predicted molar refractivity (Wildman–Crippen MR) is 63.7 cm³/mol. The summed E-state index contributed by atoms with van der Waals surface area (Å²) in [6.07, 6.45) is 0. The Labute approximate surface area is 94.2 Å². The van der Waals surface area contributed by atoms with Gasteiger partial charge in [0.25, 0.3) is 0 Å². The highest BCUT2D eigenvalue weighted by Crippen LogP contribution is 2.21. The molecular formula is C12H16BrN. The van der Waals surface area contributed by atoms with E-state index in [2.05, 4.69) is 52.0 Å². The Morgan fingerprint density at radius 1 is 1.36 bits per heavy atom. The van der Waals surface area contributed by atoms with E-state index in [0.29, 0.717) is 0 Å². The SMILES string of the molecule is Cc1ccccc1CN1CC(CBr)C1. The van der Waals surface area contributed by atoms with Crippen LogP contribution in [0, 0.1) is 12.8 Å². The van der Waals surface area contributed by atoms with Gasteiger partial charge in [0.1, 0.15) is 0 Å². The first-order valence-electron chi connectivity index (χ1n) is 5.12. The molecule has 0 saturated carbocycles. The first kappa shape index (κ1) is 10.2. The normalized spacial score (nSPS) is 18.1. The van der Waals surface area contributed by atoms with Gasteiger partial charge >= 0.3 is 0 Å². The number of benzene rings is 1. The predicted octanol–water partition coefficient (Wildman–Crippen LogP) is 2.82. The van der Waals surface area contributed by atoms with Gasteiger partial charge in [0.05, 0.1) is 0 Å². The third-order valence-electron chi connectivity index (χ3n) is 2.91. The average Bonchev–Trinajstić information content (AvgIpc) is 2.13. The quantitative estimate of drug-likeness (QED) is 0.750. The van der Waals surface area contributed by atoms with E-state index in [4.69, 9.17) is 0 Å². The van der Waals surface area contributed by atoms with Crippen molar-refractivity contribution < 1.29 is 0 Å². The molecule has 0 spiro atoms. The molecule has 0 aliphatic carbocycles. The van der Waals surface area contributed by atoms with Gasteiger partial charge in [0.15, 0.2) is 0 Å². The molecule has 0 amide bonds. The van der Waals surface area contributed by atoms with Gasteiger partial charge in [0, 0.05) is 25.0 Å². The second kappa shape index (κ2) is 4.45. The number of hydrogen-bond donors (Lipinski definition) is 0. The summed E-state index contributed by atoms with van der Waals surface area (Å²) in [5.41, 5.74) is 2.88. The molecule has 0 aromatic heterocycles. The summed E-state index contributed by atoms with van der Waals surface area (Å²) in [5.74, 6) is 0.874. The molecule has 1 aliphatic heterocycles. The Morgan fingerprint density at radius 2 is 2.07 bits per heavy atom. The molecule has 0 radical (unpaired) electrons. The van der Waals surface area contributed by atoms with Gasteiger partial charge in [-0.3, -0.25) is 4.90 Å². The van der Waals surface area contributed by atoms with Gasteiger partial charge in [-0.2, -0.15) is 0 Å². The maximum Gasteiger partial charge on any atom is 0.0236 e. The van der Waals surface area contributed by atoms with E-state index in [1.165, 1.54) is 24.2 Å². The lowest BCUT2D eigenvalue weighted by Crippen LogP contribution is -2.46. The smallest absolute Gasteiger partial charge is 0.0236 e. The van der Waals surface area contributed by atoms with Gasteiger partial charge in [0.2, 0.25) is 0 Å². The van der Waals surface area contributed by atoms with Crippen molar-refractivity contribution in [2.75, 3.05) is 18.4 Å². The van der Waals surface area contributed by atoms with Crippen molar-refractivity contribution in [3.63, 3.8) is 0 Å². The van der Waals surface area contributed by atoms with Gasteiger partial charge < -0.3 is 0 Å². The van der Waals surface area contributed by atoms with Crippen molar-refractivity contribution in [2.24, 2.45) is 5.92 Å². The number of halogens is 1. The number of likely N-dealkylation sites (tertiary alicyclic amines) is 1. The standard InChI is InChI=1S/C12H16BrN/c1-10-4-2-3-5-12(10)9-14-7-11(6-13)8-14/h2-5,11H,6-9H2,1H3. The molecule has 0 N–H and O–H groups in total. The average molecular weight is 254 g/mol. The fraction of sp³-hybridized carbons (Fsp3) is 0.500. The first-order chi connectivity index (χ1) is 6.79. The van der Waals surface area contributed by atoms with Crippen molar-refractivity contribution in [1.82, 2.24) is 4.90 Å². The molecule has 1 fully saturated rings. The van der Waals surface area contributed by atoms with Crippen molar-refractivity contribution in [3.8, 4) is 0 Å². The molecule has 2 rings (SSSR count). The fourth-order valence-electron chi connectivity index (χ4n) is 1.93. The Morgan fingerprint density at radius 3 is 2.71 bits per heavy atom. The highest BCUT2D eigenvalue weighted by molar-refractivity contribution is 9.09. The van der Waals surface area contributed by atoms with Crippen LogP contribution < -0.4 is 0 Å². The van der Waals surface area contributed by atoms with Crippen LogP contribution in [0.5, 0.6) is 0 Å². The molecule has 1 saturated heterocycles. The topological polar surface area (TPSA) is 3.24 Å². The zero-order chi connectivity index (χ0) is 9.97. The molecule has 2 heteroatoms. The Bertz CT molecular complexity index is 305. The minimum absolute atomic E-state index is 0.874. The highest BCUT2D eigenvalue weighted by Gasteiger charge is 2.25. The second-order valence-corrected chi connectivity index (χ2v) is 4.79. The van der Waals surface area contributed by atoms with Crippen LogP contribution >= 0.6 is 15.9 Å². The van der Waals surface area contributed by atoms with E-state index in [1.54, 1.807) is 0 Å². The molecule has 1 heterocycles. The zero-order valence-corrected chi connectivity index (χ0v) is 10.1. The van der Waals surface area contributed by atoms with Crippen molar-refractivity contribution in [1.29, 1.82) is 0 Å². The number of rotatable bonds is 3. The lowest BCUT2D eigenvalue weighted by atomic mass is 10.0. The maximum atomic E-state index is 3.53. The Hall–Kier alpha value is -0.340. The monoisotopic (exact) mass is 253 g/mol. The molecular weight excluding hydrogens is 238 g/mol. The molecule has 1 aromatic carbocycles. The second-order valence-electron chi connectivity index (χ2n) is 4.14. The summed E-state index contributed by atoms with van der Waals surface area (Å²) in [6.45, 7) is 5.81. The van der Waals surface area contributed by atoms with E-state index in [0.717, 1.165) is 17.8 Å². The first-order valence-corrected chi connectivity index (χ1v) is 6.24. The van der Waals surface area contributed by atoms with Crippen LogP contribution in [0.15, 0.2) is 24.3 Å². The minimum Gasteiger partial charge on any atom is -0.298 e. The lowest BCUT2D eigenvalue weighted by molar-refractivity contribution is 0.108. The van der Waals surface area contributed by atoms with E-state index in [1.807, 2.05) is 0 Å². The van der Waals surface area contributed by atoms with Crippen molar-refractivity contribution >= 4 is 15.9 Å². The Kier molecular flexibility index (Phi) is 3.24. The van der Waals surface area contributed by atoms with Crippen molar-refractivity contribution in [2.45, 2.75) is 13.5 Å². The molecule has 0 bridgehead atoms. The van der Waals surface area contributed by atoms with Crippen LogP contribution in [0.25, 0.3) is 0 Å². The van der Waals surface area contributed by atoms with Crippen LogP contribution in [0.3, 0.4) is 0 Å². The third kappa shape index (κ3) is 2.18. The van der Waals surface area contributed by atoms with Gasteiger partial charge in [-0.1, -0.05) is 40.2 Å². The number of nitrogens with zero attached hydrogens (tertiary/aromatic N) is 1. The van der Waals surface area contributed by atoms with Crippen LogP contribution in [0.1, 0.15) is 11.1 Å². The van der Waals surface area contributed by atoms with Crippen molar-refractivity contribution in [3.05, 3.63) is 35.4 Å². The summed E-state index contributed by atoms with van der Waals surface area (Å²) in [7, 11) is 0. The van der Waals surface area contributed by atoms with Gasteiger partial charge in [-0.05, 0) is 24.0 Å². The third-order valence-corrected chi connectivity index (χ3v) is 3.82. The highest BCUT2D eigenvalue weighted by atomic mass is 79.9. The van der Waals surface area contributed by atoms with E-state index < -0.39 is 0 Å². The molecule has 14 heavy (non-hydrogen) atoms. The van der Waals surface area contributed by atoms with E-state index in [9.17, 15) is 0 Å². The molecule has 0 unspecified atom stereocenters. The molecule has 1 nitrogen and oxygen atoms in total. The molecule has 76 valence electrons. The summed E-state index contributed by atoms with van der Waals surface area (Å²) in [4.78, 5) is 2.51. The van der Waals surface area contributed by atoms with Gasteiger partial charge in [-0.15, -0.1) is 0 Å². The van der Waals surface area contributed by atoms with Crippen LogP contribution in [0.2, 0.25) is 0 Å². The van der Waals surface area contributed by atoms with E-state index >= 15 is 0 Å². The van der Waals surface area contributed by atoms with Crippen LogP contribution in [-0.4, -0.2) is 23.3 Å². The minimum atomic E-state index is 0.874. The summed E-state index contributed by atoms with van der Waals surface area (Å²) < 4.78 is 0. The fourth-order valence-corrected chi connectivity index (χ4v) is 2.34. The summed E-state index contributed by atoms with van der Waals surface area (Å²) in [5, 5.41) is 1.15. The number of aryl methyl sites for hydroxylation is 1. The molecule has 1 aliphatic rings. The zero-order valence-electron chi connectivity index (χ0n) is 8.54. The summed E-state index contributed by atoms with van der Waals surface area (Å²) in [6, 6.07) is 8.66. The maximum absolute atomic E-state index is 3.53. The van der Waals surface area contributed by atoms with E-state index in [-0.39, 0.29) is 0 Å². The van der Waals surface area contributed by atoms with Crippen LogP contribution in [0.4, 0.5) is 0 Å².